The highest BCUT2D eigenvalue weighted by atomic mass is 32.2. The number of hydrogen-bond acceptors (Lipinski definition) is 5. The first-order valence-electron chi connectivity index (χ1n) is 7.59. The van der Waals surface area contributed by atoms with E-state index in [4.69, 9.17) is 0 Å². The number of rotatable bonds is 4. The first kappa shape index (κ1) is 16.4. The first-order valence-corrected chi connectivity index (χ1v) is 9.07. The SMILES string of the molecule is O=C(c1ccc(S(=O)(=O)Nc2ccncc2)cc1)N1CCNCC1. The normalized spacial score (nSPS) is 15.1. The Morgan fingerprint density at radius 2 is 1.67 bits per heavy atom. The Balaban J connectivity index is 1.75. The van der Waals surface area contributed by atoms with Crippen molar-refractivity contribution >= 4 is 21.6 Å². The van der Waals surface area contributed by atoms with Crippen molar-refractivity contribution in [2.75, 3.05) is 30.9 Å². The number of nitrogens with zero attached hydrogens (tertiary/aromatic N) is 2. The summed E-state index contributed by atoms with van der Waals surface area (Å²) in [7, 11) is -3.69. The second-order valence-electron chi connectivity index (χ2n) is 5.41. The topological polar surface area (TPSA) is 91.4 Å². The number of pyridine rings is 1. The third kappa shape index (κ3) is 3.72. The molecule has 8 heteroatoms. The lowest BCUT2D eigenvalue weighted by atomic mass is 10.2. The Kier molecular flexibility index (Phi) is 4.77. The van der Waals surface area contributed by atoms with Crippen LogP contribution in [0.3, 0.4) is 0 Å². The molecule has 1 aliphatic rings. The van der Waals surface area contributed by atoms with Gasteiger partial charge in [0.25, 0.3) is 15.9 Å². The van der Waals surface area contributed by atoms with Crippen LogP contribution < -0.4 is 10.0 Å². The largest absolute Gasteiger partial charge is 0.336 e. The Morgan fingerprint density at radius 1 is 1.04 bits per heavy atom. The van der Waals surface area contributed by atoms with Gasteiger partial charge in [-0.3, -0.25) is 14.5 Å². The maximum atomic E-state index is 12.4. The predicted molar refractivity (Wildman–Crippen MR) is 90.3 cm³/mol. The number of amides is 1. The molecule has 0 unspecified atom stereocenters. The number of anilines is 1. The van der Waals surface area contributed by atoms with Crippen molar-refractivity contribution < 1.29 is 13.2 Å². The standard InChI is InChI=1S/C16H18N4O3S/c21-16(20-11-9-18-10-12-20)13-1-3-15(4-2-13)24(22,23)19-14-5-7-17-8-6-14/h1-8,18H,9-12H2,(H,17,19). The van der Waals surface area contributed by atoms with Gasteiger partial charge in [-0.15, -0.1) is 0 Å². The molecule has 0 radical (unpaired) electrons. The fourth-order valence-electron chi connectivity index (χ4n) is 2.46. The van der Waals surface area contributed by atoms with Crippen LogP contribution in [0.25, 0.3) is 0 Å². The average Bonchev–Trinajstić information content (AvgIpc) is 2.62. The predicted octanol–water partition coefficient (Wildman–Crippen LogP) is 0.928. The summed E-state index contributed by atoms with van der Waals surface area (Å²) in [6, 6.07) is 9.12. The number of piperazine rings is 1. The zero-order valence-corrected chi connectivity index (χ0v) is 13.8. The van der Waals surface area contributed by atoms with Crippen molar-refractivity contribution in [2.45, 2.75) is 4.90 Å². The maximum absolute atomic E-state index is 12.4. The molecule has 2 N–H and O–H groups in total. The molecule has 1 saturated heterocycles. The van der Waals surface area contributed by atoms with Crippen LogP contribution in [0.5, 0.6) is 0 Å². The van der Waals surface area contributed by atoms with Gasteiger partial charge in [0.05, 0.1) is 10.6 Å². The fraction of sp³-hybridized carbons (Fsp3) is 0.250. The number of sulfonamides is 1. The van der Waals surface area contributed by atoms with Crippen molar-refractivity contribution in [3.05, 3.63) is 54.4 Å². The molecular weight excluding hydrogens is 328 g/mol. The zero-order valence-electron chi connectivity index (χ0n) is 13.0. The van der Waals surface area contributed by atoms with E-state index in [0.29, 0.717) is 24.3 Å². The smallest absolute Gasteiger partial charge is 0.261 e. The molecule has 0 spiro atoms. The lowest BCUT2D eigenvalue weighted by Crippen LogP contribution is -2.46. The van der Waals surface area contributed by atoms with Gasteiger partial charge in [0.15, 0.2) is 0 Å². The molecular formula is C16H18N4O3S. The summed E-state index contributed by atoms with van der Waals surface area (Å²) in [5.41, 5.74) is 0.922. The third-order valence-corrected chi connectivity index (χ3v) is 5.15. The lowest BCUT2D eigenvalue weighted by molar-refractivity contribution is 0.0735. The Hall–Kier alpha value is -2.45. The van der Waals surface area contributed by atoms with Crippen molar-refractivity contribution in [2.24, 2.45) is 0 Å². The summed E-state index contributed by atoms with van der Waals surface area (Å²) < 4.78 is 27.2. The molecule has 2 aromatic rings. The molecule has 1 fully saturated rings. The van der Waals surface area contributed by atoms with Crippen LogP contribution in [0.4, 0.5) is 5.69 Å². The molecule has 24 heavy (non-hydrogen) atoms. The van der Waals surface area contributed by atoms with Crippen molar-refractivity contribution in [3.8, 4) is 0 Å². The first-order chi connectivity index (χ1) is 11.6. The van der Waals surface area contributed by atoms with Crippen LogP contribution in [0.1, 0.15) is 10.4 Å². The van der Waals surface area contributed by atoms with E-state index in [0.717, 1.165) is 13.1 Å². The zero-order chi connectivity index (χ0) is 17.0. The molecule has 2 heterocycles. The number of aromatic nitrogens is 1. The number of benzene rings is 1. The van der Waals surface area contributed by atoms with Gasteiger partial charge in [-0.05, 0) is 36.4 Å². The summed E-state index contributed by atoms with van der Waals surface area (Å²) in [4.78, 5) is 18.1. The molecule has 0 aliphatic carbocycles. The van der Waals surface area contributed by atoms with E-state index in [2.05, 4.69) is 15.0 Å². The highest BCUT2D eigenvalue weighted by Crippen LogP contribution is 2.16. The van der Waals surface area contributed by atoms with E-state index in [1.807, 2.05) is 0 Å². The van der Waals surface area contributed by atoms with Crippen LogP contribution >= 0.6 is 0 Å². The van der Waals surface area contributed by atoms with Gasteiger partial charge < -0.3 is 10.2 Å². The minimum absolute atomic E-state index is 0.0810. The molecule has 3 rings (SSSR count). The van der Waals surface area contributed by atoms with Gasteiger partial charge in [0, 0.05) is 44.1 Å². The second kappa shape index (κ2) is 6.98. The Morgan fingerprint density at radius 3 is 2.29 bits per heavy atom. The summed E-state index contributed by atoms with van der Waals surface area (Å²) in [6.45, 7) is 2.85. The molecule has 7 nitrogen and oxygen atoms in total. The van der Waals surface area contributed by atoms with Gasteiger partial charge >= 0.3 is 0 Å². The molecule has 1 aromatic carbocycles. The monoisotopic (exact) mass is 346 g/mol. The van der Waals surface area contributed by atoms with Crippen molar-refractivity contribution in [3.63, 3.8) is 0 Å². The fourth-order valence-corrected chi connectivity index (χ4v) is 3.52. The number of carbonyl (C=O) groups excluding carboxylic acids is 1. The third-order valence-electron chi connectivity index (χ3n) is 3.75. The van der Waals surface area contributed by atoms with Crippen LogP contribution in [0.2, 0.25) is 0 Å². The van der Waals surface area contributed by atoms with Gasteiger partial charge in [-0.1, -0.05) is 0 Å². The molecule has 0 saturated carbocycles. The quantitative estimate of drug-likeness (QED) is 0.859. The minimum atomic E-state index is -3.69. The van der Waals surface area contributed by atoms with E-state index in [1.165, 1.54) is 24.5 Å². The highest BCUT2D eigenvalue weighted by Gasteiger charge is 2.19. The molecule has 0 bridgehead atoms. The molecule has 1 aromatic heterocycles. The summed E-state index contributed by atoms with van der Waals surface area (Å²) in [5, 5.41) is 3.19. The lowest BCUT2D eigenvalue weighted by Gasteiger charge is -2.27. The molecule has 1 amide bonds. The number of hydrogen-bond donors (Lipinski definition) is 2. The van der Waals surface area contributed by atoms with Gasteiger partial charge in [0.2, 0.25) is 0 Å². The van der Waals surface area contributed by atoms with Crippen LogP contribution in [-0.4, -0.2) is 50.4 Å². The van der Waals surface area contributed by atoms with E-state index >= 15 is 0 Å². The van der Waals surface area contributed by atoms with Crippen LogP contribution in [0.15, 0.2) is 53.7 Å². The van der Waals surface area contributed by atoms with Gasteiger partial charge in [-0.25, -0.2) is 8.42 Å². The maximum Gasteiger partial charge on any atom is 0.261 e. The molecule has 1 aliphatic heterocycles. The van der Waals surface area contributed by atoms with Gasteiger partial charge in [-0.2, -0.15) is 0 Å². The second-order valence-corrected chi connectivity index (χ2v) is 7.09. The number of carbonyl (C=O) groups is 1. The van der Waals surface area contributed by atoms with E-state index in [9.17, 15) is 13.2 Å². The molecule has 126 valence electrons. The van der Waals surface area contributed by atoms with E-state index in [-0.39, 0.29) is 10.8 Å². The Labute approximate surface area is 140 Å². The van der Waals surface area contributed by atoms with Gasteiger partial charge in [0.1, 0.15) is 0 Å². The Bertz CT molecular complexity index is 801. The average molecular weight is 346 g/mol. The summed E-state index contributed by atoms with van der Waals surface area (Å²) in [5.74, 6) is -0.0810. The molecule has 0 atom stereocenters. The minimum Gasteiger partial charge on any atom is -0.336 e. The number of nitrogens with one attached hydrogen (secondary N) is 2. The van der Waals surface area contributed by atoms with Crippen molar-refractivity contribution in [1.29, 1.82) is 0 Å². The summed E-state index contributed by atoms with van der Waals surface area (Å²) >= 11 is 0. The van der Waals surface area contributed by atoms with E-state index in [1.54, 1.807) is 29.2 Å². The van der Waals surface area contributed by atoms with Crippen LogP contribution in [0, 0.1) is 0 Å². The summed E-state index contributed by atoms with van der Waals surface area (Å²) in [6.07, 6.45) is 3.01. The van der Waals surface area contributed by atoms with Crippen molar-refractivity contribution in [1.82, 2.24) is 15.2 Å². The van der Waals surface area contributed by atoms with E-state index < -0.39 is 10.0 Å². The van der Waals surface area contributed by atoms with Crippen LogP contribution in [-0.2, 0) is 10.0 Å². The highest BCUT2D eigenvalue weighted by molar-refractivity contribution is 7.92.